The van der Waals surface area contributed by atoms with Gasteiger partial charge in [-0.25, -0.2) is 5.84 Å². The van der Waals surface area contributed by atoms with Gasteiger partial charge in [0.05, 0.1) is 12.1 Å². The van der Waals surface area contributed by atoms with Gasteiger partial charge in [0, 0.05) is 12.6 Å². The fourth-order valence-electron chi connectivity index (χ4n) is 3.31. The number of hydrazine groups is 1. The van der Waals surface area contributed by atoms with Crippen LogP contribution in [0.15, 0.2) is 16.7 Å². The van der Waals surface area contributed by atoms with Crippen molar-refractivity contribution in [2.45, 2.75) is 31.8 Å². The summed E-state index contributed by atoms with van der Waals surface area (Å²) in [7, 11) is 0. The van der Waals surface area contributed by atoms with Gasteiger partial charge in [0.15, 0.2) is 0 Å². The highest BCUT2D eigenvalue weighted by Gasteiger charge is 2.28. The molecular weight excluding hydrogens is 256 g/mol. The van der Waals surface area contributed by atoms with Crippen molar-refractivity contribution in [2.24, 2.45) is 5.84 Å². The average molecular weight is 278 g/mol. The molecule has 1 unspecified atom stereocenters. The van der Waals surface area contributed by atoms with Crippen LogP contribution >= 0.6 is 0 Å². The molecule has 1 aromatic rings. The van der Waals surface area contributed by atoms with Gasteiger partial charge in [-0.3, -0.25) is 20.0 Å². The lowest BCUT2D eigenvalue weighted by molar-refractivity contribution is 0.0953. The van der Waals surface area contributed by atoms with E-state index in [1.165, 1.54) is 38.6 Å². The molecule has 1 amide bonds. The van der Waals surface area contributed by atoms with Gasteiger partial charge in [-0.1, -0.05) is 0 Å². The molecular formula is C14H22N4O2. The Morgan fingerprint density at radius 2 is 2.25 bits per heavy atom. The van der Waals surface area contributed by atoms with E-state index in [1.807, 2.05) is 0 Å². The molecule has 3 N–H and O–H groups in total. The second-order valence-corrected chi connectivity index (χ2v) is 5.70. The van der Waals surface area contributed by atoms with Crippen LogP contribution < -0.4 is 11.3 Å². The Kier molecular flexibility index (Phi) is 4.05. The first-order valence-electron chi connectivity index (χ1n) is 7.31. The fourth-order valence-corrected chi connectivity index (χ4v) is 3.31. The number of rotatable bonds is 3. The predicted molar refractivity (Wildman–Crippen MR) is 74.9 cm³/mol. The Balaban J connectivity index is 1.62. The van der Waals surface area contributed by atoms with E-state index in [0.29, 0.717) is 11.6 Å². The SMILES string of the molecule is NNC(=O)c1coc(CN2CCCN3CCCC3C2)c1. The Bertz CT molecular complexity index is 473. The van der Waals surface area contributed by atoms with Crippen LogP contribution in [0.2, 0.25) is 0 Å². The number of nitrogens with zero attached hydrogens (tertiary/aromatic N) is 2. The standard InChI is InChI=1S/C14H22N4O2/c15-16-14(19)11-7-13(20-10-11)9-17-4-2-6-18-5-1-3-12(18)8-17/h7,10,12H,1-6,8-9,15H2,(H,16,19). The van der Waals surface area contributed by atoms with Gasteiger partial charge < -0.3 is 4.42 Å². The highest BCUT2D eigenvalue weighted by Crippen LogP contribution is 2.22. The lowest BCUT2D eigenvalue weighted by Crippen LogP contribution is -2.36. The number of nitrogens with one attached hydrogen (secondary N) is 1. The van der Waals surface area contributed by atoms with Gasteiger partial charge in [-0.15, -0.1) is 0 Å². The molecule has 3 rings (SSSR count). The van der Waals surface area contributed by atoms with Crippen molar-refractivity contribution in [2.75, 3.05) is 26.2 Å². The van der Waals surface area contributed by atoms with Crippen LogP contribution in [0.1, 0.15) is 35.4 Å². The number of fused-ring (bicyclic) bond motifs is 1. The third-order valence-corrected chi connectivity index (χ3v) is 4.31. The normalized spacial score (nSPS) is 24.4. The summed E-state index contributed by atoms with van der Waals surface area (Å²) in [5.41, 5.74) is 2.61. The molecule has 0 bridgehead atoms. The zero-order valence-electron chi connectivity index (χ0n) is 11.7. The maximum absolute atomic E-state index is 11.4. The number of carbonyl (C=O) groups is 1. The molecule has 2 saturated heterocycles. The van der Waals surface area contributed by atoms with Crippen molar-refractivity contribution >= 4 is 5.91 Å². The fraction of sp³-hybridized carbons (Fsp3) is 0.643. The number of amides is 1. The molecule has 1 atom stereocenters. The van der Waals surface area contributed by atoms with Crippen LogP contribution in [0.5, 0.6) is 0 Å². The number of nitrogen functional groups attached to an aromatic ring is 1. The number of hydrogen-bond donors (Lipinski definition) is 2. The van der Waals surface area contributed by atoms with Crippen molar-refractivity contribution < 1.29 is 9.21 Å². The monoisotopic (exact) mass is 278 g/mol. The second kappa shape index (κ2) is 5.95. The molecule has 0 aromatic carbocycles. The molecule has 2 fully saturated rings. The van der Waals surface area contributed by atoms with Crippen LogP contribution in [-0.2, 0) is 6.54 Å². The largest absolute Gasteiger partial charge is 0.467 e. The van der Waals surface area contributed by atoms with Gasteiger partial charge in [0.1, 0.15) is 12.0 Å². The smallest absolute Gasteiger partial charge is 0.268 e. The topological polar surface area (TPSA) is 74.7 Å². The quantitative estimate of drug-likeness (QED) is 0.480. The third kappa shape index (κ3) is 2.87. The van der Waals surface area contributed by atoms with Gasteiger partial charge >= 0.3 is 0 Å². The van der Waals surface area contributed by atoms with E-state index in [0.717, 1.165) is 25.4 Å². The molecule has 2 aliphatic heterocycles. The molecule has 0 spiro atoms. The Morgan fingerprint density at radius 1 is 1.40 bits per heavy atom. The number of furan rings is 1. The highest BCUT2D eigenvalue weighted by molar-refractivity contribution is 5.93. The summed E-state index contributed by atoms with van der Waals surface area (Å²) in [6, 6.07) is 2.47. The predicted octanol–water partition coefficient (Wildman–Crippen LogP) is 0.553. The van der Waals surface area contributed by atoms with Gasteiger partial charge in [-0.05, 0) is 45.0 Å². The van der Waals surface area contributed by atoms with Crippen LogP contribution in [0.3, 0.4) is 0 Å². The minimum absolute atomic E-state index is 0.308. The molecule has 3 heterocycles. The van der Waals surface area contributed by atoms with E-state index in [-0.39, 0.29) is 5.91 Å². The molecule has 0 saturated carbocycles. The second-order valence-electron chi connectivity index (χ2n) is 5.70. The zero-order chi connectivity index (χ0) is 13.9. The summed E-state index contributed by atoms with van der Waals surface area (Å²) in [4.78, 5) is 16.4. The minimum Gasteiger partial charge on any atom is -0.467 e. The zero-order valence-corrected chi connectivity index (χ0v) is 11.7. The van der Waals surface area contributed by atoms with Crippen molar-refractivity contribution in [3.05, 3.63) is 23.7 Å². The summed E-state index contributed by atoms with van der Waals surface area (Å²) >= 11 is 0. The van der Waals surface area contributed by atoms with E-state index in [1.54, 1.807) is 6.07 Å². The lowest BCUT2D eigenvalue weighted by atomic mass is 10.2. The first-order valence-corrected chi connectivity index (χ1v) is 7.31. The van der Waals surface area contributed by atoms with Gasteiger partial charge in [0.25, 0.3) is 5.91 Å². The van der Waals surface area contributed by atoms with E-state index in [2.05, 4.69) is 15.2 Å². The lowest BCUT2D eigenvalue weighted by Gasteiger charge is -2.24. The Labute approximate surface area is 118 Å². The summed E-state index contributed by atoms with van der Waals surface area (Å²) < 4.78 is 5.47. The summed E-state index contributed by atoms with van der Waals surface area (Å²) in [5, 5.41) is 0. The molecule has 1 aromatic heterocycles. The van der Waals surface area contributed by atoms with E-state index in [9.17, 15) is 4.79 Å². The van der Waals surface area contributed by atoms with Crippen molar-refractivity contribution in [1.82, 2.24) is 15.2 Å². The molecule has 0 radical (unpaired) electrons. The van der Waals surface area contributed by atoms with Crippen LogP contribution in [0, 0.1) is 0 Å². The highest BCUT2D eigenvalue weighted by atomic mass is 16.3. The summed E-state index contributed by atoms with van der Waals surface area (Å²) in [6.45, 7) is 5.41. The molecule has 6 nitrogen and oxygen atoms in total. The minimum atomic E-state index is -0.308. The maximum atomic E-state index is 11.4. The maximum Gasteiger partial charge on any atom is 0.268 e. The van der Waals surface area contributed by atoms with Gasteiger partial charge in [-0.2, -0.15) is 0 Å². The number of hydrogen-bond acceptors (Lipinski definition) is 5. The summed E-state index contributed by atoms with van der Waals surface area (Å²) in [6.07, 6.45) is 5.29. The molecule has 20 heavy (non-hydrogen) atoms. The van der Waals surface area contributed by atoms with E-state index in [4.69, 9.17) is 10.3 Å². The number of nitrogens with two attached hydrogens (primary N) is 1. The molecule has 110 valence electrons. The number of carbonyl (C=O) groups excluding carboxylic acids is 1. The molecule has 6 heteroatoms. The average Bonchev–Trinajstić information content (AvgIpc) is 3.04. The Hall–Kier alpha value is -1.37. The molecule has 0 aliphatic carbocycles. The van der Waals surface area contributed by atoms with Crippen LogP contribution in [0.4, 0.5) is 0 Å². The summed E-state index contributed by atoms with van der Waals surface area (Å²) in [5.74, 6) is 5.64. The van der Waals surface area contributed by atoms with Gasteiger partial charge in [0.2, 0.25) is 0 Å². The molecule has 2 aliphatic rings. The van der Waals surface area contributed by atoms with E-state index < -0.39 is 0 Å². The van der Waals surface area contributed by atoms with Crippen LogP contribution in [0.25, 0.3) is 0 Å². The van der Waals surface area contributed by atoms with E-state index >= 15 is 0 Å². The van der Waals surface area contributed by atoms with Crippen molar-refractivity contribution in [3.8, 4) is 0 Å². The third-order valence-electron chi connectivity index (χ3n) is 4.31. The van der Waals surface area contributed by atoms with Crippen molar-refractivity contribution in [3.63, 3.8) is 0 Å². The first kappa shape index (κ1) is 13.6. The van der Waals surface area contributed by atoms with Crippen LogP contribution in [-0.4, -0.2) is 47.9 Å². The van der Waals surface area contributed by atoms with Crippen molar-refractivity contribution in [1.29, 1.82) is 0 Å². The first-order chi connectivity index (χ1) is 9.76. The Morgan fingerprint density at radius 3 is 3.10 bits per heavy atom.